The molecule has 1 aliphatic rings. The fraction of sp³-hybridized carbons (Fsp3) is 1.00. The van der Waals surface area contributed by atoms with Gasteiger partial charge in [-0.2, -0.15) is 11.8 Å². The highest BCUT2D eigenvalue weighted by Crippen LogP contribution is 2.23. The second-order valence-corrected chi connectivity index (χ2v) is 6.11. The Labute approximate surface area is 98.5 Å². The van der Waals surface area contributed by atoms with Crippen LogP contribution in [0.2, 0.25) is 0 Å². The Morgan fingerprint density at radius 2 is 2.00 bits per heavy atom. The zero-order chi connectivity index (χ0) is 11.1. The quantitative estimate of drug-likeness (QED) is 0.759. The molecule has 0 amide bonds. The lowest BCUT2D eigenvalue weighted by Crippen LogP contribution is -2.41. The van der Waals surface area contributed by atoms with Crippen LogP contribution in [0.25, 0.3) is 0 Å². The predicted octanol–water partition coefficient (Wildman–Crippen LogP) is 2.53. The summed E-state index contributed by atoms with van der Waals surface area (Å²) in [7, 11) is 0. The van der Waals surface area contributed by atoms with E-state index in [-0.39, 0.29) is 0 Å². The first-order valence-corrected chi connectivity index (χ1v) is 7.21. The minimum atomic E-state index is 0.686. The molecule has 0 saturated carbocycles. The van der Waals surface area contributed by atoms with Gasteiger partial charge in [-0.1, -0.05) is 20.8 Å². The van der Waals surface area contributed by atoms with Gasteiger partial charge < -0.3 is 10.1 Å². The molecule has 90 valence electrons. The number of ether oxygens (including phenoxy) is 1. The van der Waals surface area contributed by atoms with Crippen LogP contribution in [0.15, 0.2) is 0 Å². The molecular weight excluding hydrogens is 206 g/mol. The fourth-order valence-corrected chi connectivity index (χ4v) is 3.02. The van der Waals surface area contributed by atoms with E-state index < -0.39 is 0 Å². The summed E-state index contributed by atoms with van der Waals surface area (Å²) >= 11 is 2.07. The monoisotopic (exact) mass is 231 g/mol. The molecule has 3 heteroatoms. The van der Waals surface area contributed by atoms with Crippen molar-refractivity contribution >= 4 is 11.8 Å². The van der Waals surface area contributed by atoms with E-state index in [2.05, 4.69) is 37.8 Å². The van der Waals surface area contributed by atoms with Gasteiger partial charge >= 0.3 is 0 Å². The topological polar surface area (TPSA) is 21.3 Å². The molecule has 15 heavy (non-hydrogen) atoms. The molecule has 1 heterocycles. The lowest BCUT2D eigenvalue weighted by atomic mass is 9.93. The van der Waals surface area contributed by atoms with Gasteiger partial charge in [0.2, 0.25) is 0 Å². The van der Waals surface area contributed by atoms with Gasteiger partial charge in [0, 0.05) is 25.0 Å². The first-order chi connectivity index (χ1) is 7.24. The van der Waals surface area contributed by atoms with Gasteiger partial charge in [-0.05, 0) is 30.6 Å². The first kappa shape index (κ1) is 13.3. The maximum Gasteiger partial charge on any atom is 0.0469 e. The predicted molar refractivity (Wildman–Crippen MR) is 68.6 cm³/mol. The molecule has 1 rings (SSSR count). The molecule has 1 atom stereocenters. The zero-order valence-corrected chi connectivity index (χ0v) is 11.1. The molecule has 1 aliphatic heterocycles. The van der Waals surface area contributed by atoms with E-state index in [1.165, 1.54) is 18.6 Å². The summed E-state index contributed by atoms with van der Waals surface area (Å²) < 4.78 is 5.42. The summed E-state index contributed by atoms with van der Waals surface area (Å²) in [6, 6.07) is 0.686. The van der Waals surface area contributed by atoms with E-state index in [4.69, 9.17) is 4.74 Å². The van der Waals surface area contributed by atoms with Crippen LogP contribution in [-0.4, -0.2) is 36.8 Å². The maximum atomic E-state index is 5.42. The summed E-state index contributed by atoms with van der Waals surface area (Å²) in [5.41, 5.74) is 0. The Morgan fingerprint density at radius 1 is 1.33 bits per heavy atom. The molecule has 2 nitrogen and oxygen atoms in total. The van der Waals surface area contributed by atoms with E-state index in [0.717, 1.165) is 30.9 Å². The highest BCUT2D eigenvalue weighted by molar-refractivity contribution is 7.99. The van der Waals surface area contributed by atoms with Crippen LogP contribution >= 0.6 is 11.8 Å². The van der Waals surface area contributed by atoms with Crippen LogP contribution in [0.4, 0.5) is 0 Å². The largest absolute Gasteiger partial charge is 0.381 e. The molecule has 0 spiro atoms. The SMILES string of the molecule is CCNC(CSC(C)C)C1CCOCC1. The molecule has 0 aromatic carbocycles. The van der Waals surface area contributed by atoms with Crippen LogP contribution in [0.1, 0.15) is 33.6 Å². The van der Waals surface area contributed by atoms with Crippen molar-refractivity contribution in [3.8, 4) is 0 Å². The lowest BCUT2D eigenvalue weighted by molar-refractivity contribution is 0.0568. The number of hydrogen-bond acceptors (Lipinski definition) is 3. The van der Waals surface area contributed by atoms with Gasteiger partial charge in [0.15, 0.2) is 0 Å². The smallest absolute Gasteiger partial charge is 0.0469 e. The molecule has 0 aromatic rings. The van der Waals surface area contributed by atoms with E-state index in [1.807, 2.05) is 0 Å². The molecule has 1 fully saturated rings. The third kappa shape index (κ3) is 5.23. The average molecular weight is 231 g/mol. The molecule has 0 bridgehead atoms. The maximum absolute atomic E-state index is 5.42. The van der Waals surface area contributed by atoms with Gasteiger partial charge in [0.05, 0.1) is 0 Å². The Morgan fingerprint density at radius 3 is 2.53 bits per heavy atom. The number of nitrogens with one attached hydrogen (secondary N) is 1. The normalized spacial score (nSPS) is 20.8. The van der Waals surface area contributed by atoms with Gasteiger partial charge in [-0.3, -0.25) is 0 Å². The second-order valence-electron chi connectivity index (χ2n) is 4.50. The molecular formula is C12H25NOS. The van der Waals surface area contributed by atoms with Gasteiger partial charge in [0.1, 0.15) is 0 Å². The molecule has 1 saturated heterocycles. The fourth-order valence-electron chi connectivity index (χ4n) is 2.04. The van der Waals surface area contributed by atoms with Crippen LogP contribution < -0.4 is 5.32 Å². The Bertz CT molecular complexity index is 158. The lowest BCUT2D eigenvalue weighted by Gasteiger charge is -2.31. The third-order valence-corrected chi connectivity index (χ3v) is 4.13. The molecule has 1 N–H and O–H groups in total. The number of rotatable bonds is 6. The molecule has 0 aliphatic carbocycles. The summed E-state index contributed by atoms with van der Waals surface area (Å²) in [5, 5.41) is 4.37. The van der Waals surface area contributed by atoms with Gasteiger partial charge in [-0.15, -0.1) is 0 Å². The summed E-state index contributed by atoms with van der Waals surface area (Å²) in [6.45, 7) is 9.75. The van der Waals surface area contributed by atoms with Gasteiger partial charge in [-0.25, -0.2) is 0 Å². The van der Waals surface area contributed by atoms with E-state index in [9.17, 15) is 0 Å². The summed E-state index contributed by atoms with van der Waals surface area (Å²) in [4.78, 5) is 0. The first-order valence-electron chi connectivity index (χ1n) is 6.16. The van der Waals surface area contributed by atoms with E-state index in [0.29, 0.717) is 6.04 Å². The van der Waals surface area contributed by atoms with Crippen molar-refractivity contribution in [1.82, 2.24) is 5.32 Å². The van der Waals surface area contributed by atoms with Crippen molar-refractivity contribution in [2.75, 3.05) is 25.5 Å². The minimum Gasteiger partial charge on any atom is -0.381 e. The minimum absolute atomic E-state index is 0.686. The van der Waals surface area contributed by atoms with Crippen molar-refractivity contribution < 1.29 is 4.74 Å². The van der Waals surface area contributed by atoms with Crippen LogP contribution in [0.5, 0.6) is 0 Å². The number of hydrogen-bond donors (Lipinski definition) is 1. The van der Waals surface area contributed by atoms with Gasteiger partial charge in [0.25, 0.3) is 0 Å². The van der Waals surface area contributed by atoms with Crippen molar-refractivity contribution in [1.29, 1.82) is 0 Å². The standard InChI is InChI=1S/C12H25NOS/c1-4-13-12(9-15-10(2)3)11-5-7-14-8-6-11/h10-13H,4-9H2,1-3H3. The van der Waals surface area contributed by atoms with E-state index >= 15 is 0 Å². The summed E-state index contributed by atoms with van der Waals surface area (Å²) in [5.74, 6) is 2.07. The molecule has 0 radical (unpaired) electrons. The number of thioether (sulfide) groups is 1. The van der Waals surface area contributed by atoms with Crippen LogP contribution in [0, 0.1) is 5.92 Å². The Balaban J connectivity index is 2.33. The highest BCUT2D eigenvalue weighted by Gasteiger charge is 2.23. The highest BCUT2D eigenvalue weighted by atomic mass is 32.2. The molecule has 1 unspecified atom stereocenters. The van der Waals surface area contributed by atoms with Crippen molar-refractivity contribution in [2.24, 2.45) is 5.92 Å². The van der Waals surface area contributed by atoms with Crippen LogP contribution in [0.3, 0.4) is 0 Å². The van der Waals surface area contributed by atoms with Crippen molar-refractivity contribution in [2.45, 2.75) is 44.9 Å². The van der Waals surface area contributed by atoms with E-state index in [1.54, 1.807) is 0 Å². The molecule has 0 aromatic heterocycles. The second kappa shape index (κ2) is 7.53. The third-order valence-electron chi connectivity index (χ3n) is 2.91. The average Bonchev–Trinajstić information content (AvgIpc) is 2.25. The van der Waals surface area contributed by atoms with Crippen molar-refractivity contribution in [3.63, 3.8) is 0 Å². The Kier molecular flexibility index (Phi) is 6.69. The van der Waals surface area contributed by atoms with Crippen LogP contribution in [-0.2, 0) is 4.74 Å². The van der Waals surface area contributed by atoms with Crippen molar-refractivity contribution in [3.05, 3.63) is 0 Å². The summed E-state index contributed by atoms with van der Waals surface area (Å²) in [6.07, 6.45) is 2.46. The Hall–Kier alpha value is 0.270. The zero-order valence-electron chi connectivity index (χ0n) is 10.3.